The summed E-state index contributed by atoms with van der Waals surface area (Å²) in [4.78, 5) is 0. The van der Waals surface area contributed by atoms with E-state index in [-0.39, 0.29) is 5.60 Å². The molecule has 1 aliphatic heterocycles. The molecular weight excluding hydrogens is 334 g/mol. The monoisotopic (exact) mass is 368 g/mol. The van der Waals surface area contributed by atoms with E-state index in [2.05, 4.69) is 61.6 Å². The van der Waals surface area contributed by atoms with Crippen LogP contribution >= 0.6 is 0 Å². The lowest BCUT2D eigenvalue weighted by atomic mass is 9.75. The number of rotatable bonds is 8. The van der Waals surface area contributed by atoms with Crippen molar-refractivity contribution < 1.29 is 14.8 Å². The zero-order valence-corrected chi connectivity index (χ0v) is 17.0. The Morgan fingerprint density at radius 2 is 1.85 bits per heavy atom. The van der Waals surface area contributed by atoms with Crippen LogP contribution in [0.15, 0.2) is 54.6 Å². The Morgan fingerprint density at radius 3 is 2.52 bits per heavy atom. The first-order chi connectivity index (χ1) is 13.1. The summed E-state index contributed by atoms with van der Waals surface area (Å²) in [5.74, 6) is 2.23. The predicted octanol–water partition coefficient (Wildman–Crippen LogP) is 4.14. The van der Waals surface area contributed by atoms with E-state index >= 15 is 0 Å². The number of quaternary nitrogens is 1. The molecule has 0 aliphatic carbocycles. The van der Waals surface area contributed by atoms with Gasteiger partial charge in [-0.1, -0.05) is 30.3 Å². The molecule has 3 rings (SSSR count). The van der Waals surface area contributed by atoms with Gasteiger partial charge in [0.25, 0.3) is 0 Å². The van der Waals surface area contributed by atoms with E-state index in [4.69, 9.17) is 9.47 Å². The molecule has 1 heterocycles. The van der Waals surface area contributed by atoms with Gasteiger partial charge < -0.3 is 14.8 Å². The number of benzene rings is 2. The Labute approximate surface area is 164 Å². The third-order valence-corrected chi connectivity index (χ3v) is 5.75. The normalized spacial score (nSPS) is 20.2. The highest BCUT2D eigenvalue weighted by molar-refractivity contribution is 5.26. The van der Waals surface area contributed by atoms with Crippen molar-refractivity contribution in [3.63, 3.8) is 0 Å². The lowest BCUT2D eigenvalue weighted by Gasteiger charge is -2.39. The molecule has 0 bridgehead atoms. The van der Waals surface area contributed by atoms with Crippen LogP contribution in [-0.2, 0) is 11.3 Å². The Bertz CT molecular complexity index is 681. The second kappa shape index (κ2) is 9.38. The zero-order chi connectivity index (χ0) is 19.1. The first kappa shape index (κ1) is 19.9. The van der Waals surface area contributed by atoms with Crippen LogP contribution in [0, 0.1) is 5.92 Å². The van der Waals surface area contributed by atoms with Gasteiger partial charge in [0, 0.05) is 18.6 Å². The maximum Gasteiger partial charge on any atom is 0.118 e. The standard InChI is InChI=1S/C24H33NO2/c1-24(2)17-21(14-16-27-24)23(20-7-5-4-6-8-20)13-15-25-18-19-9-11-22(26-3)12-10-19/h4-12,21,23,25H,13-18H2,1-3H3/p+1/t21-,23+/m1/s1. The fourth-order valence-electron chi connectivity index (χ4n) is 4.32. The highest BCUT2D eigenvalue weighted by Gasteiger charge is 2.34. The molecule has 0 spiro atoms. The summed E-state index contributed by atoms with van der Waals surface area (Å²) in [5, 5.41) is 2.43. The van der Waals surface area contributed by atoms with Crippen molar-refractivity contribution in [2.24, 2.45) is 5.92 Å². The fraction of sp³-hybridized carbons (Fsp3) is 0.500. The molecule has 1 saturated heterocycles. The molecule has 0 amide bonds. The smallest absolute Gasteiger partial charge is 0.118 e. The first-order valence-electron chi connectivity index (χ1n) is 10.2. The average Bonchev–Trinajstić information content (AvgIpc) is 2.68. The minimum atomic E-state index is 0.00273. The minimum Gasteiger partial charge on any atom is -0.497 e. The number of ether oxygens (including phenoxy) is 2. The van der Waals surface area contributed by atoms with Gasteiger partial charge >= 0.3 is 0 Å². The van der Waals surface area contributed by atoms with Gasteiger partial charge in [-0.05, 0) is 68.4 Å². The molecule has 0 unspecified atom stereocenters. The molecule has 146 valence electrons. The van der Waals surface area contributed by atoms with Crippen LogP contribution in [0.25, 0.3) is 0 Å². The molecule has 3 nitrogen and oxygen atoms in total. The van der Waals surface area contributed by atoms with E-state index in [0.717, 1.165) is 31.9 Å². The van der Waals surface area contributed by atoms with E-state index in [1.54, 1.807) is 7.11 Å². The Balaban J connectivity index is 1.58. The summed E-state index contributed by atoms with van der Waals surface area (Å²) >= 11 is 0. The summed E-state index contributed by atoms with van der Waals surface area (Å²) < 4.78 is 11.2. The van der Waals surface area contributed by atoms with Crippen LogP contribution in [0.2, 0.25) is 0 Å². The van der Waals surface area contributed by atoms with Gasteiger partial charge in [0.1, 0.15) is 12.3 Å². The van der Waals surface area contributed by atoms with Crippen LogP contribution in [-0.4, -0.2) is 25.9 Å². The highest BCUT2D eigenvalue weighted by atomic mass is 16.5. The first-order valence-corrected chi connectivity index (χ1v) is 10.2. The predicted molar refractivity (Wildman–Crippen MR) is 110 cm³/mol. The van der Waals surface area contributed by atoms with E-state index in [1.165, 1.54) is 24.0 Å². The number of hydrogen-bond donors (Lipinski definition) is 1. The van der Waals surface area contributed by atoms with Crippen LogP contribution in [0.5, 0.6) is 5.75 Å². The van der Waals surface area contributed by atoms with Crippen LogP contribution in [0.1, 0.15) is 50.2 Å². The lowest BCUT2D eigenvalue weighted by Crippen LogP contribution is -2.82. The third-order valence-electron chi connectivity index (χ3n) is 5.75. The summed E-state index contributed by atoms with van der Waals surface area (Å²) in [7, 11) is 1.71. The van der Waals surface area contributed by atoms with Gasteiger partial charge in [-0.2, -0.15) is 0 Å². The maximum atomic E-state index is 5.97. The van der Waals surface area contributed by atoms with Crippen molar-refractivity contribution in [2.75, 3.05) is 20.3 Å². The summed E-state index contributed by atoms with van der Waals surface area (Å²) in [6.07, 6.45) is 3.52. The number of nitrogens with two attached hydrogens (primary N) is 1. The molecule has 0 aromatic heterocycles. The van der Waals surface area contributed by atoms with Crippen molar-refractivity contribution >= 4 is 0 Å². The van der Waals surface area contributed by atoms with Crippen molar-refractivity contribution in [2.45, 2.75) is 51.2 Å². The van der Waals surface area contributed by atoms with Gasteiger partial charge in [0.2, 0.25) is 0 Å². The SMILES string of the molecule is COc1ccc(C[NH2+]CC[C@@H](c2ccccc2)[C@@H]2CCOC(C)(C)C2)cc1. The molecule has 27 heavy (non-hydrogen) atoms. The molecule has 2 atom stereocenters. The van der Waals surface area contributed by atoms with Gasteiger partial charge in [-0.3, -0.25) is 0 Å². The maximum absolute atomic E-state index is 5.97. The second-order valence-corrected chi connectivity index (χ2v) is 8.30. The summed E-state index contributed by atoms with van der Waals surface area (Å²) in [6.45, 7) is 7.51. The molecule has 2 aromatic rings. The minimum absolute atomic E-state index is 0.00273. The highest BCUT2D eigenvalue weighted by Crippen LogP contribution is 2.39. The second-order valence-electron chi connectivity index (χ2n) is 8.30. The van der Waals surface area contributed by atoms with Gasteiger partial charge in [0.05, 0.1) is 19.3 Å². The number of methoxy groups -OCH3 is 1. The Hall–Kier alpha value is -1.84. The van der Waals surface area contributed by atoms with Crippen molar-refractivity contribution in [1.82, 2.24) is 0 Å². The molecule has 2 N–H and O–H groups in total. The van der Waals surface area contributed by atoms with E-state index < -0.39 is 0 Å². The molecule has 3 heteroatoms. The topological polar surface area (TPSA) is 35.1 Å². The third kappa shape index (κ3) is 5.82. The molecular formula is C24H34NO2+. The molecule has 1 fully saturated rings. The van der Waals surface area contributed by atoms with Gasteiger partial charge in [-0.25, -0.2) is 0 Å². The van der Waals surface area contributed by atoms with Crippen LogP contribution in [0.3, 0.4) is 0 Å². The van der Waals surface area contributed by atoms with E-state index in [0.29, 0.717) is 11.8 Å². The fourth-order valence-corrected chi connectivity index (χ4v) is 4.32. The molecule has 2 aromatic carbocycles. The lowest BCUT2D eigenvalue weighted by molar-refractivity contribution is -0.671. The van der Waals surface area contributed by atoms with Crippen molar-refractivity contribution in [3.05, 3.63) is 65.7 Å². The molecule has 0 saturated carbocycles. The summed E-state index contributed by atoms with van der Waals surface area (Å²) in [6, 6.07) is 19.5. The van der Waals surface area contributed by atoms with E-state index in [1.807, 2.05) is 12.1 Å². The number of hydrogen-bond acceptors (Lipinski definition) is 2. The van der Waals surface area contributed by atoms with Crippen molar-refractivity contribution in [1.29, 1.82) is 0 Å². The van der Waals surface area contributed by atoms with Crippen LogP contribution < -0.4 is 10.1 Å². The largest absolute Gasteiger partial charge is 0.497 e. The Kier molecular flexibility index (Phi) is 6.92. The molecule has 1 aliphatic rings. The summed E-state index contributed by atoms with van der Waals surface area (Å²) in [5.41, 5.74) is 2.83. The molecule has 0 radical (unpaired) electrons. The van der Waals surface area contributed by atoms with Crippen LogP contribution in [0.4, 0.5) is 0 Å². The Morgan fingerprint density at radius 1 is 1.11 bits per heavy atom. The van der Waals surface area contributed by atoms with Gasteiger partial charge in [0.15, 0.2) is 0 Å². The quantitative estimate of drug-likeness (QED) is 0.711. The zero-order valence-electron chi connectivity index (χ0n) is 17.0. The van der Waals surface area contributed by atoms with E-state index in [9.17, 15) is 0 Å². The van der Waals surface area contributed by atoms with Crippen molar-refractivity contribution in [3.8, 4) is 5.75 Å². The van der Waals surface area contributed by atoms with Gasteiger partial charge in [-0.15, -0.1) is 0 Å². The average molecular weight is 369 g/mol.